The maximum Gasteiger partial charge on any atom is 0.178 e. The van der Waals surface area contributed by atoms with Gasteiger partial charge in [-0.1, -0.05) is 12.1 Å². The summed E-state index contributed by atoms with van der Waals surface area (Å²) in [6, 6.07) is 5.46. The minimum atomic E-state index is -0.0742. The van der Waals surface area contributed by atoms with E-state index in [9.17, 15) is 4.79 Å². The van der Waals surface area contributed by atoms with Gasteiger partial charge < -0.3 is 5.73 Å². The number of Topliss-reactive ketones (excluding diaryl/α,β-unsaturated/α-hetero) is 1. The molecule has 0 fully saturated rings. The summed E-state index contributed by atoms with van der Waals surface area (Å²) in [7, 11) is 0. The van der Waals surface area contributed by atoms with Crippen molar-refractivity contribution in [2.45, 2.75) is 0 Å². The van der Waals surface area contributed by atoms with Crippen molar-refractivity contribution in [3.8, 4) is 0 Å². The molecule has 2 aromatic rings. The van der Waals surface area contributed by atoms with Gasteiger partial charge in [0.25, 0.3) is 0 Å². The van der Waals surface area contributed by atoms with Crippen LogP contribution in [0.5, 0.6) is 0 Å². The second kappa shape index (κ2) is 2.99. The van der Waals surface area contributed by atoms with Gasteiger partial charge >= 0.3 is 0 Å². The summed E-state index contributed by atoms with van der Waals surface area (Å²) < 4.78 is 0. The van der Waals surface area contributed by atoms with Gasteiger partial charge in [-0.05, 0) is 6.07 Å². The summed E-state index contributed by atoms with van der Waals surface area (Å²) in [5.41, 5.74) is 6.65. The van der Waals surface area contributed by atoms with Gasteiger partial charge in [0.15, 0.2) is 5.78 Å². The topological polar surface area (TPSA) is 71.8 Å². The predicted molar refractivity (Wildman–Crippen MR) is 49.5 cm³/mol. The van der Waals surface area contributed by atoms with E-state index in [-0.39, 0.29) is 12.3 Å². The molecule has 2 rings (SSSR count). The van der Waals surface area contributed by atoms with Crippen LogP contribution in [0, 0.1) is 0 Å². The zero-order chi connectivity index (χ0) is 9.26. The molecule has 0 radical (unpaired) electrons. The fourth-order valence-electron chi connectivity index (χ4n) is 1.31. The third-order valence-electron chi connectivity index (χ3n) is 1.96. The second-order valence-electron chi connectivity index (χ2n) is 2.77. The normalized spacial score (nSPS) is 10.5. The summed E-state index contributed by atoms with van der Waals surface area (Å²) in [4.78, 5) is 11.4. The van der Waals surface area contributed by atoms with Crippen LogP contribution in [0.2, 0.25) is 0 Å². The number of nitrogens with one attached hydrogen (secondary N) is 1. The van der Waals surface area contributed by atoms with Crippen molar-refractivity contribution >= 4 is 16.7 Å². The van der Waals surface area contributed by atoms with E-state index < -0.39 is 0 Å². The monoisotopic (exact) mass is 175 g/mol. The number of para-hydroxylation sites is 1. The molecule has 66 valence electrons. The van der Waals surface area contributed by atoms with Crippen molar-refractivity contribution in [1.82, 2.24) is 10.2 Å². The van der Waals surface area contributed by atoms with E-state index in [0.717, 1.165) is 10.9 Å². The quantitative estimate of drug-likeness (QED) is 0.660. The van der Waals surface area contributed by atoms with Crippen LogP contribution in [0.3, 0.4) is 0 Å². The minimum Gasteiger partial charge on any atom is -0.324 e. The Morgan fingerprint density at radius 1 is 1.54 bits per heavy atom. The van der Waals surface area contributed by atoms with Crippen molar-refractivity contribution in [3.05, 3.63) is 30.0 Å². The molecule has 13 heavy (non-hydrogen) atoms. The Morgan fingerprint density at radius 2 is 2.38 bits per heavy atom. The summed E-state index contributed by atoms with van der Waals surface area (Å²) in [6.07, 6.45) is 1.68. The lowest BCUT2D eigenvalue weighted by atomic mass is 10.1. The molecule has 0 saturated heterocycles. The highest BCUT2D eigenvalue weighted by Gasteiger charge is 2.08. The molecule has 1 aromatic carbocycles. The van der Waals surface area contributed by atoms with Gasteiger partial charge in [-0.25, -0.2) is 0 Å². The fourth-order valence-corrected chi connectivity index (χ4v) is 1.31. The molecule has 1 aromatic heterocycles. The zero-order valence-corrected chi connectivity index (χ0v) is 6.95. The van der Waals surface area contributed by atoms with Crippen LogP contribution >= 0.6 is 0 Å². The SMILES string of the molecule is NCC(=O)c1cccc2cn[nH]c12. The third kappa shape index (κ3) is 1.21. The number of nitrogens with zero attached hydrogens (tertiary/aromatic N) is 1. The first kappa shape index (κ1) is 7.94. The molecule has 0 amide bonds. The molecule has 0 bridgehead atoms. The number of aromatic nitrogens is 2. The average Bonchev–Trinajstić information content (AvgIpc) is 2.63. The largest absolute Gasteiger partial charge is 0.324 e. The van der Waals surface area contributed by atoms with Crippen LogP contribution in [0.15, 0.2) is 24.4 Å². The lowest BCUT2D eigenvalue weighted by Crippen LogP contribution is -2.13. The Morgan fingerprint density at radius 3 is 3.15 bits per heavy atom. The number of ketones is 1. The van der Waals surface area contributed by atoms with E-state index in [4.69, 9.17) is 5.73 Å². The van der Waals surface area contributed by atoms with E-state index in [1.807, 2.05) is 12.1 Å². The maximum absolute atomic E-state index is 11.4. The molecule has 0 atom stereocenters. The fraction of sp³-hybridized carbons (Fsp3) is 0.111. The van der Waals surface area contributed by atoms with Crippen LogP contribution in [0.1, 0.15) is 10.4 Å². The molecule has 4 nitrogen and oxygen atoms in total. The first-order valence-electron chi connectivity index (χ1n) is 3.98. The zero-order valence-electron chi connectivity index (χ0n) is 6.95. The second-order valence-corrected chi connectivity index (χ2v) is 2.77. The first-order valence-corrected chi connectivity index (χ1v) is 3.98. The van der Waals surface area contributed by atoms with E-state index >= 15 is 0 Å². The lowest BCUT2D eigenvalue weighted by Gasteiger charge is -1.98. The Bertz CT molecular complexity index is 447. The van der Waals surface area contributed by atoms with Gasteiger partial charge in [0.05, 0.1) is 18.3 Å². The average molecular weight is 175 g/mol. The van der Waals surface area contributed by atoms with E-state index in [1.54, 1.807) is 12.3 Å². The van der Waals surface area contributed by atoms with Crippen LogP contribution in [0.4, 0.5) is 0 Å². The molecule has 3 N–H and O–H groups in total. The lowest BCUT2D eigenvalue weighted by molar-refractivity contribution is 0.100. The molecule has 0 saturated carbocycles. The molecular weight excluding hydrogens is 166 g/mol. The van der Waals surface area contributed by atoms with Crippen molar-refractivity contribution in [1.29, 1.82) is 0 Å². The molecule has 4 heteroatoms. The first-order chi connectivity index (χ1) is 6.33. The summed E-state index contributed by atoms with van der Waals surface area (Å²) in [5, 5.41) is 7.57. The highest BCUT2D eigenvalue weighted by Crippen LogP contribution is 2.15. The molecule has 0 aliphatic carbocycles. The number of nitrogens with two attached hydrogens (primary N) is 1. The highest BCUT2D eigenvalue weighted by molar-refractivity contribution is 6.07. The number of H-pyrrole nitrogens is 1. The molecule has 0 aliphatic rings. The van der Waals surface area contributed by atoms with E-state index in [1.165, 1.54) is 0 Å². The van der Waals surface area contributed by atoms with E-state index in [0.29, 0.717) is 5.56 Å². The van der Waals surface area contributed by atoms with Crippen molar-refractivity contribution in [3.63, 3.8) is 0 Å². The molecule has 0 spiro atoms. The van der Waals surface area contributed by atoms with Gasteiger partial charge in [-0.2, -0.15) is 5.10 Å². The highest BCUT2D eigenvalue weighted by atomic mass is 16.1. The molecule has 1 heterocycles. The van der Waals surface area contributed by atoms with Gasteiger partial charge in [0.1, 0.15) is 0 Å². The maximum atomic E-state index is 11.4. The van der Waals surface area contributed by atoms with Crippen LogP contribution < -0.4 is 5.73 Å². The summed E-state index contributed by atoms with van der Waals surface area (Å²) in [6.45, 7) is 0.0259. The standard InChI is InChI=1S/C9H9N3O/c10-4-8(13)7-3-1-2-6-5-11-12-9(6)7/h1-3,5H,4,10H2,(H,11,12). The predicted octanol–water partition coefficient (Wildman–Crippen LogP) is 0.704. The number of carbonyl (C=O) groups excluding carboxylic acids is 1. The summed E-state index contributed by atoms with van der Waals surface area (Å²) in [5.74, 6) is -0.0742. The van der Waals surface area contributed by atoms with E-state index in [2.05, 4.69) is 10.2 Å². The summed E-state index contributed by atoms with van der Waals surface area (Å²) >= 11 is 0. The van der Waals surface area contributed by atoms with Crippen LogP contribution in [0.25, 0.3) is 10.9 Å². The van der Waals surface area contributed by atoms with Crippen molar-refractivity contribution in [2.75, 3.05) is 6.54 Å². The number of benzene rings is 1. The molecule has 0 aliphatic heterocycles. The Balaban J connectivity index is 2.67. The van der Waals surface area contributed by atoms with Gasteiger partial charge in [0.2, 0.25) is 0 Å². The number of fused-ring (bicyclic) bond motifs is 1. The van der Waals surface area contributed by atoms with Crippen LogP contribution in [-0.4, -0.2) is 22.5 Å². The minimum absolute atomic E-state index is 0.0259. The number of rotatable bonds is 2. The van der Waals surface area contributed by atoms with Crippen molar-refractivity contribution < 1.29 is 4.79 Å². The number of hydrogen-bond donors (Lipinski definition) is 2. The van der Waals surface area contributed by atoms with Gasteiger partial charge in [-0.15, -0.1) is 0 Å². The number of aromatic amines is 1. The van der Waals surface area contributed by atoms with Gasteiger partial charge in [-0.3, -0.25) is 9.89 Å². The van der Waals surface area contributed by atoms with Crippen molar-refractivity contribution in [2.24, 2.45) is 5.73 Å². The number of carbonyl (C=O) groups is 1. The van der Waals surface area contributed by atoms with Crippen LogP contribution in [-0.2, 0) is 0 Å². The molecular formula is C9H9N3O. The smallest absolute Gasteiger partial charge is 0.178 e. The number of hydrogen-bond acceptors (Lipinski definition) is 3. The Labute approximate surface area is 74.7 Å². The Hall–Kier alpha value is -1.68. The Kier molecular flexibility index (Phi) is 1.83. The third-order valence-corrected chi connectivity index (χ3v) is 1.96. The van der Waals surface area contributed by atoms with Gasteiger partial charge in [0, 0.05) is 10.9 Å². The molecule has 0 unspecified atom stereocenters.